The zero-order chi connectivity index (χ0) is 29.5. The van der Waals surface area contributed by atoms with Crippen LogP contribution in [0, 0.1) is 5.92 Å². The molecule has 3 aliphatic heterocycles. The molecule has 1 aromatic rings. The zero-order valence-corrected chi connectivity index (χ0v) is 24.5. The van der Waals surface area contributed by atoms with Gasteiger partial charge in [-0.2, -0.15) is 0 Å². The number of benzene rings is 1. The average Bonchev–Trinajstić information content (AvgIpc) is 3.66. The van der Waals surface area contributed by atoms with Crippen molar-refractivity contribution in [2.45, 2.75) is 51.0 Å². The predicted octanol–water partition coefficient (Wildman–Crippen LogP) is 2.02. The van der Waals surface area contributed by atoms with E-state index < -0.39 is 23.8 Å². The lowest BCUT2D eigenvalue weighted by molar-refractivity contribution is -0.144. The Morgan fingerprint density at radius 3 is 2.61 bits per heavy atom. The number of aliphatic carboxylic acids is 1. The number of likely N-dealkylation sites (tertiary alicyclic amines) is 1. The first kappa shape index (κ1) is 30.7. The number of hydrogen-bond donors (Lipinski definition) is 2. The van der Waals surface area contributed by atoms with Gasteiger partial charge in [0.2, 0.25) is 18.4 Å². The number of amides is 3. The largest absolute Gasteiger partial charge is 0.493 e. The number of likely N-dealkylation sites (N-methyl/N-ethyl adjacent to an activating group) is 1. The molecule has 0 unspecified atom stereocenters. The number of unbranched alkanes of at least 4 members (excludes halogenated alkanes) is 2. The van der Waals surface area contributed by atoms with Crippen LogP contribution in [0.15, 0.2) is 12.1 Å². The van der Waals surface area contributed by atoms with Gasteiger partial charge in [0.25, 0.3) is 0 Å². The number of fused-ring (bicyclic) bond motifs is 1. The van der Waals surface area contributed by atoms with Crippen molar-refractivity contribution in [3.05, 3.63) is 17.7 Å². The number of hydrogen-bond acceptors (Lipinski definition) is 8. The first-order chi connectivity index (χ1) is 19.8. The van der Waals surface area contributed by atoms with E-state index in [1.807, 2.05) is 21.9 Å². The zero-order valence-electron chi connectivity index (χ0n) is 24.5. The predicted molar refractivity (Wildman–Crippen MR) is 152 cm³/mol. The molecule has 0 aliphatic carbocycles. The van der Waals surface area contributed by atoms with Crippen LogP contribution in [0.1, 0.15) is 50.5 Å². The van der Waals surface area contributed by atoms with Crippen LogP contribution >= 0.6 is 0 Å². The Hall–Kier alpha value is -3.25. The van der Waals surface area contributed by atoms with Gasteiger partial charge < -0.3 is 39.8 Å². The van der Waals surface area contributed by atoms with Crippen molar-refractivity contribution in [2.24, 2.45) is 11.7 Å². The second-order valence-corrected chi connectivity index (χ2v) is 11.1. The molecule has 0 saturated carbocycles. The highest BCUT2D eigenvalue weighted by Gasteiger charge is 2.48. The van der Waals surface area contributed by atoms with E-state index in [1.165, 1.54) is 7.11 Å². The monoisotopic (exact) mass is 575 g/mol. The van der Waals surface area contributed by atoms with Gasteiger partial charge >= 0.3 is 12.0 Å². The number of carbonyl (C=O) groups is 3. The third kappa shape index (κ3) is 6.98. The third-order valence-corrected chi connectivity index (χ3v) is 8.49. The van der Waals surface area contributed by atoms with E-state index in [1.54, 1.807) is 16.8 Å². The van der Waals surface area contributed by atoms with Crippen LogP contribution in [-0.4, -0.2) is 122 Å². The van der Waals surface area contributed by atoms with Crippen molar-refractivity contribution in [3.8, 4) is 17.2 Å². The fourth-order valence-electron chi connectivity index (χ4n) is 6.18. The Morgan fingerprint density at radius 2 is 1.95 bits per heavy atom. The summed E-state index contributed by atoms with van der Waals surface area (Å²) in [5.74, 6) is -0.623. The van der Waals surface area contributed by atoms with E-state index in [4.69, 9.17) is 19.9 Å². The summed E-state index contributed by atoms with van der Waals surface area (Å²) in [7, 11) is 3.30. The van der Waals surface area contributed by atoms with Crippen molar-refractivity contribution >= 4 is 17.9 Å². The van der Waals surface area contributed by atoms with Gasteiger partial charge in [0.15, 0.2) is 11.5 Å². The quantitative estimate of drug-likeness (QED) is 0.301. The molecule has 228 valence electrons. The minimum atomic E-state index is -0.928. The molecule has 0 bridgehead atoms. The van der Waals surface area contributed by atoms with Gasteiger partial charge in [0.1, 0.15) is 0 Å². The summed E-state index contributed by atoms with van der Waals surface area (Å²) in [6, 6.07) is 3.15. The molecule has 3 atom stereocenters. The second-order valence-electron chi connectivity index (χ2n) is 11.1. The van der Waals surface area contributed by atoms with Crippen molar-refractivity contribution < 1.29 is 33.7 Å². The normalized spacial score (nSPS) is 22.0. The molecular weight excluding hydrogens is 530 g/mol. The third-order valence-electron chi connectivity index (χ3n) is 8.49. The van der Waals surface area contributed by atoms with Gasteiger partial charge in [-0.1, -0.05) is 13.3 Å². The van der Waals surface area contributed by atoms with Gasteiger partial charge in [0, 0.05) is 58.3 Å². The number of urea groups is 1. The van der Waals surface area contributed by atoms with Crippen LogP contribution in [0.3, 0.4) is 0 Å². The fourth-order valence-corrected chi connectivity index (χ4v) is 6.18. The molecule has 1 aromatic carbocycles. The molecule has 0 aromatic heterocycles. The average molecular weight is 576 g/mol. The van der Waals surface area contributed by atoms with E-state index in [-0.39, 0.29) is 25.3 Å². The van der Waals surface area contributed by atoms with Gasteiger partial charge in [-0.3, -0.25) is 14.5 Å². The number of nitrogens with zero attached hydrogens (tertiary/aromatic N) is 4. The molecule has 12 heteroatoms. The highest BCUT2D eigenvalue weighted by Crippen LogP contribution is 2.47. The fraction of sp³-hybridized carbons (Fsp3) is 0.690. The lowest BCUT2D eigenvalue weighted by Gasteiger charge is -2.30. The minimum Gasteiger partial charge on any atom is -0.493 e. The molecule has 3 heterocycles. The van der Waals surface area contributed by atoms with Gasteiger partial charge in [-0.15, -0.1) is 0 Å². The minimum absolute atomic E-state index is 0.00879. The van der Waals surface area contributed by atoms with E-state index in [9.17, 15) is 19.5 Å². The highest BCUT2D eigenvalue weighted by atomic mass is 16.7. The maximum absolute atomic E-state index is 13.7. The maximum atomic E-state index is 13.7. The van der Waals surface area contributed by atoms with E-state index in [2.05, 4.69) is 6.92 Å². The summed E-state index contributed by atoms with van der Waals surface area (Å²) in [6.45, 7) is 6.22. The number of methoxy groups -OCH3 is 1. The van der Waals surface area contributed by atoms with E-state index in [0.29, 0.717) is 69.5 Å². The smallest absolute Gasteiger partial charge is 0.319 e. The summed E-state index contributed by atoms with van der Waals surface area (Å²) in [6.07, 6.45) is 4.00. The van der Waals surface area contributed by atoms with Crippen molar-refractivity contribution in [3.63, 3.8) is 0 Å². The van der Waals surface area contributed by atoms with Crippen molar-refractivity contribution in [1.82, 2.24) is 19.6 Å². The summed E-state index contributed by atoms with van der Waals surface area (Å²) < 4.78 is 16.7. The van der Waals surface area contributed by atoms with Crippen LogP contribution in [0.5, 0.6) is 17.2 Å². The van der Waals surface area contributed by atoms with Crippen molar-refractivity contribution in [1.29, 1.82) is 0 Å². The summed E-state index contributed by atoms with van der Waals surface area (Å²) in [5, 5.41) is 10.5. The Kier molecular flexibility index (Phi) is 10.5. The molecular formula is C29H45N5O7. The van der Waals surface area contributed by atoms with Gasteiger partial charge in [-0.05, 0) is 49.9 Å². The topological polar surface area (TPSA) is 138 Å². The molecule has 3 aliphatic rings. The molecule has 2 saturated heterocycles. The summed E-state index contributed by atoms with van der Waals surface area (Å²) in [4.78, 5) is 46.4. The lowest BCUT2D eigenvalue weighted by atomic mass is 9.84. The second kappa shape index (κ2) is 14.1. The van der Waals surface area contributed by atoms with Crippen LogP contribution in [0.25, 0.3) is 0 Å². The summed E-state index contributed by atoms with van der Waals surface area (Å²) >= 11 is 0. The van der Waals surface area contributed by atoms with Crippen LogP contribution < -0.4 is 19.9 Å². The number of carboxylic acid groups (broad SMARTS) is 1. The Morgan fingerprint density at radius 1 is 1.17 bits per heavy atom. The standard InChI is InChI=1S/C29H45N5O7/c1-4-5-10-32(11-7-6-9-30)25(35)18-34-17-21(20-15-23(39-3)27-24(16-20)40-19-41-27)26(28(36)37)22(34)8-12-33-14-13-31(2)29(33)38/h15-16,21-22,26H,4-14,17-19,30H2,1-3H3,(H,36,37)/t21-,22+,26-/m1/s1. The van der Waals surface area contributed by atoms with Crippen molar-refractivity contribution in [2.75, 3.05) is 73.3 Å². The number of ether oxygens (including phenoxy) is 3. The number of carboxylic acids is 1. The first-order valence-electron chi connectivity index (χ1n) is 14.7. The molecule has 3 amide bonds. The van der Waals surface area contributed by atoms with Crippen LogP contribution in [0.2, 0.25) is 0 Å². The highest BCUT2D eigenvalue weighted by molar-refractivity contribution is 5.79. The summed E-state index contributed by atoms with van der Waals surface area (Å²) in [5.41, 5.74) is 6.45. The molecule has 4 rings (SSSR count). The maximum Gasteiger partial charge on any atom is 0.319 e. The number of carbonyl (C=O) groups excluding carboxylic acids is 2. The molecule has 0 radical (unpaired) electrons. The Labute approximate surface area is 242 Å². The number of rotatable bonds is 15. The van der Waals surface area contributed by atoms with E-state index in [0.717, 1.165) is 31.2 Å². The SMILES string of the molecule is CCCCN(CCCCN)C(=O)CN1C[C@H](c2cc(OC)c3c(c2)OCO3)[C@@H](C(=O)O)[C@@H]1CCN1CCN(C)C1=O. The molecule has 0 spiro atoms. The van der Waals surface area contributed by atoms with Crippen LogP contribution in [-0.2, 0) is 9.59 Å². The molecule has 3 N–H and O–H groups in total. The molecule has 2 fully saturated rings. The van der Waals surface area contributed by atoms with E-state index >= 15 is 0 Å². The van der Waals surface area contributed by atoms with Crippen LogP contribution in [0.4, 0.5) is 4.79 Å². The first-order valence-corrected chi connectivity index (χ1v) is 14.7. The number of nitrogens with two attached hydrogens (primary N) is 1. The Bertz CT molecular complexity index is 1090. The molecule has 12 nitrogen and oxygen atoms in total. The Balaban J connectivity index is 1.61. The van der Waals surface area contributed by atoms with Gasteiger partial charge in [0.05, 0.1) is 19.6 Å². The van der Waals surface area contributed by atoms with Gasteiger partial charge in [-0.25, -0.2) is 4.79 Å². The lowest BCUT2D eigenvalue weighted by Crippen LogP contribution is -2.46. The molecule has 41 heavy (non-hydrogen) atoms.